The number of aromatic nitrogens is 3. The molecule has 0 aliphatic rings. The van der Waals surface area contributed by atoms with Crippen molar-refractivity contribution in [2.75, 3.05) is 32.7 Å². The lowest BCUT2D eigenvalue weighted by Gasteiger charge is -2.14. The summed E-state index contributed by atoms with van der Waals surface area (Å²) in [4.78, 5) is 24.0. The third-order valence-electron chi connectivity index (χ3n) is 1.89. The fourth-order valence-electron chi connectivity index (χ4n) is 1.07. The van der Waals surface area contributed by atoms with Crippen molar-refractivity contribution in [3.63, 3.8) is 0 Å². The molecule has 0 aliphatic heterocycles. The third kappa shape index (κ3) is 3.48. The summed E-state index contributed by atoms with van der Waals surface area (Å²) in [6.45, 7) is 0.747. The number of aromatic amines is 2. The zero-order valence-corrected chi connectivity index (χ0v) is 9.07. The second-order valence-electron chi connectivity index (χ2n) is 3.05. The van der Waals surface area contributed by atoms with Crippen molar-refractivity contribution >= 4 is 5.82 Å². The van der Waals surface area contributed by atoms with Crippen LogP contribution in [-0.2, 0) is 9.47 Å². The van der Waals surface area contributed by atoms with Gasteiger partial charge in [-0.3, -0.25) is 9.78 Å². The summed E-state index contributed by atoms with van der Waals surface area (Å²) in [5.74, 6) is 0.0396. The first-order chi connectivity index (χ1) is 7.67. The van der Waals surface area contributed by atoms with Crippen molar-refractivity contribution in [1.82, 2.24) is 15.2 Å². The number of ether oxygens (including phenoxy) is 2. The molecule has 0 amide bonds. The second kappa shape index (κ2) is 6.03. The Kier molecular flexibility index (Phi) is 4.67. The molecule has 0 radical (unpaired) electrons. The molecule has 0 aliphatic carbocycles. The van der Waals surface area contributed by atoms with E-state index in [1.165, 1.54) is 7.11 Å². The Morgan fingerprint density at radius 3 is 2.75 bits per heavy atom. The average molecular weight is 230 g/mol. The number of H-pyrrole nitrogens is 2. The maximum Gasteiger partial charge on any atom is 0.342 e. The Bertz CT molecular complexity index is 427. The van der Waals surface area contributed by atoms with Gasteiger partial charge >= 0.3 is 5.69 Å². The Morgan fingerprint density at radius 2 is 2.19 bits per heavy atom. The Hall–Kier alpha value is -1.67. The van der Waals surface area contributed by atoms with Crippen LogP contribution in [0, 0.1) is 0 Å². The molecule has 8 heteroatoms. The monoisotopic (exact) mass is 230 g/mol. The van der Waals surface area contributed by atoms with Crippen molar-refractivity contribution in [2.45, 2.75) is 6.10 Å². The van der Waals surface area contributed by atoms with Gasteiger partial charge in [0, 0.05) is 20.8 Å². The number of hydrogen-bond donors (Lipinski definition) is 3. The van der Waals surface area contributed by atoms with Crippen molar-refractivity contribution in [3.8, 4) is 0 Å². The Morgan fingerprint density at radius 1 is 1.44 bits per heavy atom. The minimum atomic E-state index is -0.643. The molecule has 1 rings (SSSR count). The van der Waals surface area contributed by atoms with Gasteiger partial charge in [-0.25, -0.2) is 9.89 Å². The van der Waals surface area contributed by atoms with Crippen LogP contribution in [0.25, 0.3) is 0 Å². The zero-order valence-electron chi connectivity index (χ0n) is 9.07. The maximum absolute atomic E-state index is 11.2. The van der Waals surface area contributed by atoms with Crippen LogP contribution < -0.4 is 16.6 Å². The highest BCUT2D eigenvalue weighted by atomic mass is 16.5. The van der Waals surface area contributed by atoms with Gasteiger partial charge in [-0.2, -0.15) is 0 Å². The SMILES string of the molecule is COCC(CNc1n[nH]c(=O)[nH]c1=O)OC. The van der Waals surface area contributed by atoms with Gasteiger partial charge in [0.1, 0.15) is 0 Å². The quantitative estimate of drug-likeness (QED) is 0.550. The highest BCUT2D eigenvalue weighted by Gasteiger charge is 2.08. The van der Waals surface area contributed by atoms with E-state index < -0.39 is 11.2 Å². The highest BCUT2D eigenvalue weighted by Crippen LogP contribution is 1.93. The van der Waals surface area contributed by atoms with Crippen LogP contribution in [0.1, 0.15) is 0 Å². The van der Waals surface area contributed by atoms with Crippen LogP contribution in [-0.4, -0.2) is 48.7 Å². The number of methoxy groups -OCH3 is 2. The van der Waals surface area contributed by atoms with E-state index in [1.54, 1.807) is 7.11 Å². The predicted molar refractivity (Wildman–Crippen MR) is 56.6 cm³/mol. The molecule has 0 fully saturated rings. The summed E-state index contributed by atoms with van der Waals surface area (Å²) >= 11 is 0. The largest absolute Gasteiger partial charge is 0.382 e. The molecule has 0 aromatic carbocycles. The van der Waals surface area contributed by atoms with Crippen LogP contribution in [0.5, 0.6) is 0 Å². The Balaban J connectivity index is 2.60. The van der Waals surface area contributed by atoms with Crippen molar-refractivity contribution in [1.29, 1.82) is 0 Å². The van der Waals surface area contributed by atoms with Gasteiger partial charge in [-0.05, 0) is 0 Å². The molecular formula is C8H14N4O4. The summed E-state index contributed by atoms with van der Waals surface area (Å²) in [6.07, 6.45) is -0.196. The molecule has 0 saturated carbocycles. The summed E-state index contributed by atoms with van der Waals surface area (Å²) in [6, 6.07) is 0. The highest BCUT2D eigenvalue weighted by molar-refractivity contribution is 5.28. The van der Waals surface area contributed by atoms with Gasteiger partial charge in [0.25, 0.3) is 5.56 Å². The molecule has 0 saturated heterocycles. The number of rotatable bonds is 6. The van der Waals surface area contributed by atoms with E-state index in [2.05, 4.69) is 15.5 Å². The molecule has 8 nitrogen and oxygen atoms in total. The van der Waals surface area contributed by atoms with E-state index in [-0.39, 0.29) is 11.9 Å². The van der Waals surface area contributed by atoms with Gasteiger partial charge in [-0.1, -0.05) is 0 Å². The lowest BCUT2D eigenvalue weighted by molar-refractivity contribution is 0.0365. The average Bonchev–Trinajstić information content (AvgIpc) is 2.26. The van der Waals surface area contributed by atoms with Crippen molar-refractivity contribution in [2.24, 2.45) is 0 Å². The fraction of sp³-hybridized carbons (Fsp3) is 0.625. The van der Waals surface area contributed by atoms with Crippen LogP contribution in [0.3, 0.4) is 0 Å². The van der Waals surface area contributed by atoms with Crippen LogP contribution in [0.4, 0.5) is 5.82 Å². The summed E-state index contributed by atoms with van der Waals surface area (Å²) in [5.41, 5.74) is -1.22. The lowest BCUT2D eigenvalue weighted by atomic mass is 10.4. The summed E-state index contributed by atoms with van der Waals surface area (Å²) in [5, 5.41) is 8.42. The van der Waals surface area contributed by atoms with E-state index in [0.29, 0.717) is 13.2 Å². The first-order valence-electron chi connectivity index (χ1n) is 4.62. The third-order valence-corrected chi connectivity index (χ3v) is 1.89. The van der Waals surface area contributed by atoms with Gasteiger partial charge in [-0.15, -0.1) is 5.10 Å². The van der Waals surface area contributed by atoms with Crippen LogP contribution in [0.15, 0.2) is 9.59 Å². The molecule has 0 bridgehead atoms. The molecular weight excluding hydrogens is 216 g/mol. The smallest absolute Gasteiger partial charge is 0.342 e. The molecule has 3 N–H and O–H groups in total. The molecule has 16 heavy (non-hydrogen) atoms. The number of nitrogens with zero attached hydrogens (tertiary/aromatic N) is 1. The molecule has 1 unspecified atom stereocenters. The van der Waals surface area contributed by atoms with Crippen molar-refractivity contribution < 1.29 is 9.47 Å². The van der Waals surface area contributed by atoms with E-state index in [1.807, 2.05) is 4.98 Å². The van der Waals surface area contributed by atoms with E-state index >= 15 is 0 Å². The molecule has 1 heterocycles. The van der Waals surface area contributed by atoms with E-state index in [0.717, 1.165) is 0 Å². The number of anilines is 1. The lowest BCUT2D eigenvalue weighted by Crippen LogP contribution is -2.32. The standard InChI is InChI=1S/C8H14N4O4/c1-15-4-5(16-2)3-9-6-7(13)10-8(14)12-11-6/h5H,3-4H2,1-2H3,(H,9,11)(H2,10,12,13,14). The van der Waals surface area contributed by atoms with Crippen LogP contribution in [0.2, 0.25) is 0 Å². The molecule has 1 atom stereocenters. The summed E-state index contributed by atoms with van der Waals surface area (Å²) in [7, 11) is 3.09. The Labute approximate surface area is 91.0 Å². The first kappa shape index (κ1) is 12.4. The van der Waals surface area contributed by atoms with E-state index in [4.69, 9.17) is 9.47 Å². The zero-order chi connectivity index (χ0) is 12.0. The normalized spacial score (nSPS) is 12.4. The minimum absolute atomic E-state index is 0.0396. The van der Waals surface area contributed by atoms with Gasteiger partial charge in [0.15, 0.2) is 0 Å². The topological polar surface area (TPSA) is 109 Å². The first-order valence-corrected chi connectivity index (χ1v) is 4.62. The van der Waals surface area contributed by atoms with Gasteiger partial charge < -0.3 is 14.8 Å². The summed E-state index contributed by atoms with van der Waals surface area (Å²) < 4.78 is 9.98. The molecule has 1 aromatic heterocycles. The molecule has 90 valence electrons. The van der Waals surface area contributed by atoms with E-state index in [9.17, 15) is 9.59 Å². The van der Waals surface area contributed by atoms with Crippen molar-refractivity contribution in [3.05, 3.63) is 20.8 Å². The van der Waals surface area contributed by atoms with Gasteiger partial charge in [0.05, 0.1) is 12.7 Å². The number of nitrogens with one attached hydrogen (secondary N) is 3. The molecule has 0 spiro atoms. The minimum Gasteiger partial charge on any atom is -0.382 e. The van der Waals surface area contributed by atoms with Gasteiger partial charge in [0.2, 0.25) is 5.82 Å². The maximum atomic E-state index is 11.2. The fourth-order valence-corrected chi connectivity index (χ4v) is 1.07. The second-order valence-corrected chi connectivity index (χ2v) is 3.05. The van der Waals surface area contributed by atoms with Crippen LogP contribution >= 0.6 is 0 Å². The predicted octanol–water partition coefficient (Wildman–Crippen LogP) is -1.47. The molecule has 1 aromatic rings. The number of hydrogen-bond acceptors (Lipinski definition) is 6.